The second-order valence-electron chi connectivity index (χ2n) is 4.84. The lowest BCUT2D eigenvalue weighted by molar-refractivity contribution is 0.162. The van der Waals surface area contributed by atoms with Crippen LogP contribution in [0.4, 0.5) is 4.79 Å². The van der Waals surface area contributed by atoms with E-state index in [1.165, 1.54) is 0 Å². The number of nitrogens with zero attached hydrogens (tertiary/aromatic N) is 1. The predicted molar refractivity (Wildman–Crippen MR) is 80.9 cm³/mol. The van der Waals surface area contributed by atoms with Crippen molar-refractivity contribution in [2.75, 3.05) is 35.0 Å². The van der Waals surface area contributed by atoms with Crippen LogP contribution in [-0.4, -0.2) is 52.0 Å². The van der Waals surface area contributed by atoms with Crippen LogP contribution < -0.4 is 14.8 Å². The van der Waals surface area contributed by atoms with Crippen molar-refractivity contribution in [3.63, 3.8) is 0 Å². The molecule has 1 unspecified atom stereocenters. The van der Waals surface area contributed by atoms with Crippen LogP contribution in [0.25, 0.3) is 0 Å². The topological polar surface area (TPSA) is 60.0 Å². The van der Waals surface area contributed by atoms with Crippen LogP contribution in [0.1, 0.15) is 12.5 Å². The molecule has 0 saturated carbocycles. The van der Waals surface area contributed by atoms with Gasteiger partial charge in [-0.1, -0.05) is 0 Å². The van der Waals surface area contributed by atoms with Crippen LogP contribution in [0.3, 0.4) is 0 Å². The van der Waals surface area contributed by atoms with Crippen molar-refractivity contribution in [2.45, 2.75) is 19.5 Å². The van der Waals surface area contributed by atoms with Crippen LogP contribution >= 0.6 is 0 Å². The Kier molecular flexibility index (Phi) is 6.81. The third kappa shape index (κ3) is 5.15. The molecule has 6 nitrogen and oxygen atoms in total. The Labute approximate surface area is 126 Å². The Hall–Kier alpha value is -1.95. The molecular formula is C15H24N2O4. The molecule has 21 heavy (non-hydrogen) atoms. The molecule has 0 aliphatic carbocycles. The maximum atomic E-state index is 12.1. The predicted octanol–water partition coefficient (Wildman–Crippen LogP) is 1.88. The molecule has 0 fully saturated rings. The van der Waals surface area contributed by atoms with Crippen LogP contribution in [0.15, 0.2) is 18.2 Å². The molecule has 1 aromatic carbocycles. The summed E-state index contributed by atoms with van der Waals surface area (Å²) in [6.07, 6.45) is 0. The molecule has 2 amide bonds. The number of methoxy groups -OCH3 is 3. The highest BCUT2D eigenvalue weighted by molar-refractivity contribution is 5.74. The number of nitrogens with one attached hydrogen (secondary N) is 1. The van der Waals surface area contributed by atoms with E-state index in [1.807, 2.05) is 25.1 Å². The van der Waals surface area contributed by atoms with E-state index in [1.54, 1.807) is 33.3 Å². The normalized spacial score (nSPS) is 11.7. The van der Waals surface area contributed by atoms with E-state index in [9.17, 15) is 4.79 Å². The molecule has 1 atom stereocenters. The van der Waals surface area contributed by atoms with Gasteiger partial charge in [0.2, 0.25) is 0 Å². The second-order valence-corrected chi connectivity index (χ2v) is 4.84. The standard InChI is InChI=1S/C15H24N2O4/c1-11(10-19-3)16-15(18)17(2)9-12-8-13(20-4)6-7-14(12)21-5/h6-8,11H,9-10H2,1-5H3,(H,16,18). The third-order valence-corrected chi connectivity index (χ3v) is 3.03. The molecule has 0 heterocycles. The van der Waals surface area contributed by atoms with Crippen LogP contribution in [0.2, 0.25) is 0 Å². The molecule has 1 rings (SSSR count). The van der Waals surface area contributed by atoms with Gasteiger partial charge in [0, 0.05) is 19.7 Å². The van der Waals surface area contributed by atoms with Gasteiger partial charge in [-0.15, -0.1) is 0 Å². The first-order valence-electron chi connectivity index (χ1n) is 6.73. The first kappa shape index (κ1) is 17.1. The van der Waals surface area contributed by atoms with E-state index in [2.05, 4.69) is 5.32 Å². The average molecular weight is 296 g/mol. The number of amides is 2. The lowest BCUT2D eigenvalue weighted by Crippen LogP contribution is -2.43. The highest BCUT2D eigenvalue weighted by Crippen LogP contribution is 2.24. The van der Waals surface area contributed by atoms with Gasteiger partial charge in [-0.25, -0.2) is 4.79 Å². The van der Waals surface area contributed by atoms with E-state index >= 15 is 0 Å². The molecule has 0 spiro atoms. The summed E-state index contributed by atoms with van der Waals surface area (Å²) in [5.41, 5.74) is 0.883. The summed E-state index contributed by atoms with van der Waals surface area (Å²) in [4.78, 5) is 13.7. The Bertz CT molecular complexity index is 465. The summed E-state index contributed by atoms with van der Waals surface area (Å²) in [7, 11) is 6.54. The Balaban J connectivity index is 2.73. The van der Waals surface area contributed by atoms with Crippen molar-refractivity contribution in [2.24, 2.45) is 0 Å². The Morgan fingerprint density at radius 3 is 2.57 bits per heavy atom. The number of urea groups is 1. The summed E-state index contributed by atoms with van der Waals surface area (Å²) in [5, 5.41) is 2.86. The minimum atomic E-state index is -0.163. The third-order valence-electron chi connectivity index (χ3n) is 3.03. The van der Waals surface area contributed by atoms with Crippen LogP contribution in [0, 0.1) is 0 Å². The summed E-state index contributed by atoms with van der Waals surface area (Å²) < 4.78 is 15.5. The van der Waals surface area contributed by atoms with E-state index in [0.29, 0.717) is 13.2 Å². The fraction of sp³-hybridized carbons (Fsp3) is 0.533. The zero-order chi connectivity index (χ0) is 15.8. The van der Waals surface area contributed by atoms with E-state index in [0.717, 1.165) is 17.1 Å². The molecule has 0 aliphatic heterocycles. The van der Waals surface area contributed by atoms with Crippen molar-refractivity contribution in [3.8, 4) is 11.5 Å². The summed E-state index contributed by atoms with van der Waals surface area (Å²) in [6.45, 7) is 2.79. The van der Waals surface area contributed by atoms with Crippen LogP contribution in [-0.2, 0) is 11.3 Å². The summed E-state index contributed by atoms with van der Waals surface area (Å²) >= 11 is 0. The fourth-order valence-corrected chi connectivity index (χ4v) is 1.95. The van der Waals surface area contributed by atoms with Gasteiger partial charge in [-0.2, -0.15) is 0 Å². The van der Waals surface area contributed by atoms with Crippen molar-refractivity contribution in [3.05, 3.63) is 23.8 Å². The van der Waals surface area contributed by atoms with Gasteiger partial charge >= 0.3 is 6.03 Å². The molecule has 0 saturated heterocycles. The second kappa shape index (κ2) is 8.36. The molecule has 1 aromatic rings. The number of benzene rings is 1. The van der Waals surface area contributed by atoms with Gasteiger partial charge in [-0.05, 0) is 25.1 Å². The molecule has 1 N–H and O–H groups in total. The largest absolute Gasteiger partial charge is 0.497 e. The number of ether oxygens (including phenoxy) is 3. The highest BCUT2D eigenvalue weighted by atomic mass is 16.5. The number of carbonyl (C=O) groups is 1. The first-order valence-corrected chi connectivity index (χ1v) is 6.73. The molecule has 0 aromatic heterocycles. The molecular weight excluding hydrogens is 272 g/mol. The zero-order valence-electron chi connectivity index (χ0n) is 13.3. The molecule has 6 heteroatoms. The highest BCUT2D eigenvalue weighted by Gasteiger charge is 2.14. The lowest BCUT2D eigenvalue weighted by atomic mass is 10.2. The van der Waals surface area contributed by atoms with E-state index in [-0.39, 0.29) is 12.1 Å². The minimum Gasteiger partial charge on any atom is -0.497 e. The molecule has 0 radical (unpaired) electrons. The molecule has 0 bridgehead atoms. The van der Waals surface area contributed by atoms with Gasteiger partial charge in [0.25, 0.3) is 0 Å². The minimum absolute atomic E-state index is 0.0443. The van der Waals surface area contributed by atoms with E-state index in [4.69, 9.17) is 14.2 Å². The van der Waals surface area contributed by atoms with Gasteiger partial charge in [0.1, 0.15) is 11.5 Å². The SMILES string of the molecule is COCC(C)NC(=O)N(C)Cc1cc(OC)ccc1OC. The van der Waals surface area contributed by atoms with Gasteiger partial charge in [-0.3, -0.25) is 0 Å². The lowest BCUT2D eigenvalue weighted by Gasteiger charge is -2.22. The van der Waals surface area contributed by atoms with Crippen molar-refractivity contribution >= 4 is 6.03 Å². The number of hydrogen-bond donors (Lipinski definition) is 1. The van der Waals surface area contributed by atoms with Crippen molar-refractivity contribution in [1.29, 1.82) is 0 Å². The van der Waals surface area contributed by atoms with Crippen molar-refractivity contribution < 1.29 is 19.0 Å². The zero-order valence-corrected chi connectivity index (χ0v) is 13.3. The number of rotatable bonds is 7. The summed E-state index contributed by atoms with van der Waals surface area (Å²) in [5.74, 6) is 1.45. The van der Waals surface area contributed by atoms with Crippen LogP contribution in [0.5, 0.6) is 11.5 Å². The Morgan fingerprint density at radius 1 is 1.29 bits per heavy atom. The smallest absolute Gasteiger partial charge is 0.317 e. The first-order chi connectivity index (χ1) is 10.0. The molecule has 0 aliphatic rings. The van der Waals surface area contributed by atoms with Gasteiger partial charge in [0.15, 0.2) is 0 Å². The maximum Gasteiger partial charge on any atom is 0.317 e. The number of hydrogen-bond acceptors (Lipinski definition) is 4. The van der Waals surface area contributed by atoms with E-state index < -0.39 is 0 Å². The quantitative estimate of drug-likeness (QED) is 0.834. The van der Waals surface area contributed by atoms with Gasteiger partial charge < -0.3 is 24.4 Å². The fourth-order valence-electron chi connectivity index (χ4n) is 1.95. The summed E-state index contributed by atoms with van der Waals surface area (Å²) in [6, 6.07) is 5.30. The monoisotopic (exact) mass is 296 g/mol. The van der Waals surface area contributed by atoms with Gasteiger partial charge in [0.05, 0.1) is 33.4 Å². The van der Waals surface area contributed by atoms with Crippen molar-refractivity contribution in [1.82, 2.24) is 10.2 Å². The maximum absolute atomic E-state index is 12.1. The Morgan fingerprint density at radius 2 is 2.00 bits per heavy atom. The number of carbonyl (C=O) groups excluding carboxylic acids is 1. The average Bonchev–Trinajstić information content (AvgIpc) is 2.47. The molecule has 118 valence electrons.